The summed E-state index contributed by atoms with van der Waals surface area (Å²) in [5, 5.41) is 35.2. The van der Waals surface area contributed by atoms with Gasteiger partial charge in [0.1, 0.15) is 47.6 Å². The second-order valence-electron chi connectivity index (χ2n) is 7.74. The Kier molecular flexibility index (Phi) is 13.1. The van der Waals surface area contributed by atoms with Crippen LogP contribution in [0.4, 0.5) is 11.4 Å². The summed E-state index contributed by atoms with van der Waals surface area (Å²) >= 11 is 0. The lowest BCUT2D eigenvalue weighted by Crippen LogP contribution is -2.07. The fourth-order valence-electron chi connectivity index (χ4n) is 2.86. The van der Waals surface area contributed by atoms with E-state index in [9.17, 15) is 19.8 Å². The maximum Gasteiger partial charge on any atom is 0.362 e. The highest BCUT2D eigenvalue weighted by atomic mass is 16.5. The lowest BCUT2D eigenvalue weighted by atomic mass is 10.3. The number of azo groups is 2. The molecule has 0 aliphatic carbocycles. The summed E-state index contributed by atoms with van der Waals surface area (Å²) < 4.78 is 21.2. The first kappa shape index (κ1) is 31.2. The highest BCUT2D eigenvalue weighted by molar-refractivity contribution is 5.88. The van der Waals surface area contributed by atoms with Gasteiger partial charge in [0, 0.05) is 0 Å². The van der Waals surface area contributed by atoms with E-state index in [0.717, 1.165) is 0 Å². The topological polar surface area (TPSA) is 161 Å². The number of hydrogen-bond acceptors (Lipinski definition) is 12. The Morgan fingerprint density at radius 3 is 1.43 bits per heavy atom. The number of aliphatic hydroxyl groups excluding tert-OH is 2. The Hall–Kier alpha value is -5.00. The molecule has 2 rings (SSSR count). The van der Waals surface area contributed by atoms with Crippen LogP contribution in [-0.2, 0) is 19.1 Å². The van der Waals surface area contributed by atoms with Crippen molar-refractivity contribution < 1.29 is 38.7 Å². The minimum atomic E-state index is -0.782. The van der Waals surface area contributed by atoms with Crippen molar-refractivity contribution in [3.63, 3.8) is 0 Å². The Bertz CT molecular complexity index is 1210. The Balaban J connectivity index is 2.00. The molecule has 0 unspecified atom stereocenters. The smallest absolute Gasteiger partial charge is 0.362 e. The van der Waals surface area contributed by atoms with Gasteiger partial charge in [0.2, 0.25) is 11.4 Å². The molecule has 2 aromatic carbocycles. The molecule has 12 nitrogen and oxygen atoms in total. The van der Waals surface area contributed by atoms with Crippen LogP contribution < -0.4 is 9.47 Å². The van der Waals surface area contributed by atoms with Gasteiger partial charge in [0.05, 0.1) is 13.2 Å². The molecule has 12 heteroatoms. The number of ether oxygens (including phenoxy) is 4. The Morgan fingerprint density at radius 2 is 1.07 bits per heavy atom. The third-order valence-electron chi connectivity index (χ3n) is 4.71. The number of carbonyl (C=O) groups excluding carboxylic acids is 2. The summed E-state index contributed by atoms with van der Waals surface area (Å²) in [7, 11) is 0. The molecule has 0 saturated carbocycles. The average molecular weight is 553 g/mol. The number of esters is 2. The van der Waals surface area contributed by atoms with Gasteiger partial charge >= 0.3 is 11.9 Å². The first-order valence-corrected chi connectivity index (χ1v) is 12.3. The molecule has 2 N–H and O–H groups in total. The van der Waals surface area contributed by atoms with Crippen molar-refractivity contribution >= 4 is 23.3 Å². The highest BCUT2D eigenvalue weighted by Gasteiger charge is 2.15. The van der Waals surface area contributed by atoms with Crippen LogP contribution in [0, 0.1) is 0 Å². The van der Waals surface area contributed by atoms with Crippen molar-refractivity contribution in [1.29, 1.82) is 0 Å². The van der Waals surface area contributed by atoms with Crippen LogP contribution in [0.25, 0.3) is 0 Å². The minimum Gasteiger partial charge on any atom is -0.510 e. The zero-order valence-corrected chi connectivity index (χ0v) is 22.7. The van der Waals surface area contributed by atoms with Crippen molar-refractivity contribution in [3.8, 4) is 11.5 Å². The first-order chi connectivity index (χ1) is 19.3. The van der Waals surface area contributed by atoms with Crippen LogP contribution in [0.5, 0.6) is 11.5 Å². The summed E-state index contributed by atoms with van der Waals surface area (Å²) in [6, 6.07) is 13.6. The number of hydrogen-bond donors (Lipinski definition) is 2. The quantitative estimate of drug-likeness (QED) is 0.0874. The second-order valence-corrected chi connectivity index (χ2v) is 7.74. The lowest BCUT2D eigenvalue weighted by Gasteiger charge is -2.07. The molecule has 0 radical (unpaired) electrons. The lowest BCUT2D eigenvalue weighted by molar-refractivity contribution is -0.139. The van der Waals surface area contributed by atoms with E-state index < -0.39 is 11.9 Å². The van der Waals surface area contributed by atoms with E-state index in [2.05, 4.69) is 20.5 Å². The third kappa shape index (κ3) is 10.0. The SMILES string of the molecule is CCOC(=O)/C(N=Nc1ccccc1OC/C=C/COc1ccccc1N=N/C(C(=O)OCC)=C(/C)O)=C(\C)O. The molecule has 2 aromatic rings. The Labute approximate surface area is 232 Å². The van der Waals surface area contributed by atoms with Crippen LogP contribution in [0.1, 0.15) is 27.7 Å². The predicted molar refractivity (Wildman–Crippen MR) is 146 cm³/mol. The zero-order valence-electron chi connectivity index (χ0n) is 22.7. The van der Waals surface area contributed by atoms with Crippen LogP contribution in [0.15, 0.2) is 104 Å². The van der Waals surface area contributed by atoms with Gasteiger partial charge in [-0.05, 0) is 64.1 Å². The van der Waals surface area contributed by atoms with Crippen LogP contribution in [-0.4, -0.2) is 48.6 Å². The van der Waals surface area contributed by atoms with E-state index in [1.165, 1.54) is 13.8 Å². The molecule has 40 heavy (non-hydrogen) atoms. The summed E-state index contributed by atoms with van der Waals surface area (Å²) in [6.07, 6.45) is 3.47. The van der Waals surface area contributed by atoms with Gasteiger partial charge in [-0.15, -0.1) is 20.5 Å². The van der Waals surface area contributed by atoms with Gasteiger partial charge in [0.15, 0.2) is 0 Å². The number of allylic oxidation sites excluding steroid dienone is 2. The molecular formula is C28H32N4O8. The van der Waals surface area contributed by atoms with Gasteiger partial charge < -0.3 is 29.2 Å². The molecule has 0 aromatic heterocycles. The summed E-state index contributed by atoms with van der Waals surface area (Å²) in [5.74, 6) is -1.38. The molecule has 212 valence electrons. The molecule has 0 aliphatic heterocycles. The summed E-state index contributed by atoms with van der Waals surface area (Å²) in [6.45, 7) is 6.55. The van der Waals surface area contributed by atoms with E-state index in [4.69, 9.17) is 18.9 Å². The van der Waals surface area contributed by atoms with Crippen molar-refractivity contribution in [2.24, 2.45) is 20.5 Å². The molecule has 0 heterocycles. The van der Waals surface area contributed by atoms with Crippen LogP contribution in [0.3, 0.4) is 0 Å². The number of nitrogens with zero attached hydrogens (tertiary/aromatic N) is 4. The first-order valence-electron chi connectivity index (χ1n) is 12.3. The van der Waals surface area contributed by atoms with Crippen LogP contribution >= 0.6 is 0 Å². The van der Waals surface area contributed by atoms with E-state index in [1.807, 2.05) is 0 Å². The molecule has 0 amide bonds. The van der Waals surface area contributed by atoms with Crippen molar-refractivity contribution in [2.75, 3.05) is 26.4 Å². The number of benzene rings is 2. The fourth-order valence-corrected chi connectivity index (χ4v) is 2.86. The van der Waals surface area contributed by atoms with Gasteiger partial charge in [0.25, 0.3) is 0 Å². The summed E-state index contributed by atoms with van der Waals surface area (Å²) in [4.78, 5) is 23.9. The van der Waals surface area contributed by atoms with Crippen LogP contribution in [0.2, 0.25) is 0 Å². The molecular weight excluding hydrogens is 520 g/mol. The van der Waals surface area contributed by atoms with E-state index in [0.29, 0.717) is 22.9 Å². The average Bonchev–Trinajstić information content (AvgIpc) is 2.92. The zero-order chi connectivity index (χ0) is 29.3. The van der Waals surface area contributed by atoms with Gasteiger partial charge in [-0.1, -0.05) is 24.3 Å². The number of rotatable bonds is 14. The largest absolute Gasteiger partial charge is 0.510 e. The normalized spacial score (nSPS) is 12.8. The van der Waals surface area contributed by atoms with E-state index in [1.54, 1.807) is 74.5 Å². The number of carbonyl (C=O) groups is 2. The maximum atomic E-state index is 11.9. The molecule has 0 atom stereocenters. The standard InChI is InChI=1S/C28H32N4O8/c1-5-37-27(35)25(19(3)33)31-29-21-13-7-9-15-23(21)39-17-11-12-18-40-24-16-10-8-14-22(24)30-32-26(20(4)34)28(36)38-6-2/h7-16,33-34H,5-6,17-18H2,1-4H3/b12-11+,25-19-,26-20-,31-29?,32-30?. The Morgan fingerprint density at radius 1 is 0.700 bits per heavy atom. The maximum absolute atomic E-state index is 11.9. The minimum absolute atomic E-state index is 0.133. The van der Waals surface area contributed by atoms with E-state index in [-0.39, 0.29) is 49.3 Å². The van der Waals surface area contributed by atoms with Crippen molar-refractivity contribution in [1.82, 2.24) is 0 Å². The molecule has 0 bridgehead atoms. The fraction of sp³-hybridized carbons (Fsp3) is 0.286. The summed E-state index contributed by atoms with van der Waals surface area (Å²) in [5.41, 5.74) is 0.106. The molecule has 0 aliphatic rings. The van der Waals surface area contributed by atoms with Crippen molar-refractivity contribution in [2.45, 2.75) is 27.7 Å². The third-order valence-corrected chi connectivity index (χ3v) is 4.71. The molecule has 0 spiro atoms. The second kappa shape index (κ2) is 16.8. The van der Waals surface area contributed by atoms with E-state index >= 15 is 0 Å². The van der Waals surface area contributed by atoms with Gasteiger partial charge in [-0.3, -0.25) is 0 Å². The monoisotopic (exact) mass is 552 g/mol. The van der Waals surface area contributed by atoms with Gasteiger partial charge in [-0.25, -0.2) is 9.59 Å². The van der Waals surface area contributed by atoms with Crippen molar-refractivity contribution in [3.05, 3.63) is 83.6 Å². The molecule has 0 saturated heterocycles. The highest BCUT2D eigenvalue weighted by Crippen LogP contribution is 2.29. The molecule has 0 fully saturated rings. The van der Waals surface area contributed by atoms with Gasteiger partial charge in [-0.2, -0.15) is 0 Å². The number of para-hydroxylation sites is 2. The predicted octanol–water partition coefficient (Wildman–Crippen LogP) is 6.57. The number of aliphatic hydroxyl groups is 2.